The minimum atomic E-state index is -0.676. The molecule has 0 aromatic heterocycles. The Hall–Kier alpha value is -1.39. The maximum atomic E-state index is 11.1. The quantitative estimate of drug-likeness (QED) is 0.884. The van der Waals surface area contributed by atoms with Gasteiger partial charge in [0.1, 0.15) is 0 Å². The van der Waals surface area contributed by atoms with Gasteiger partial charge in [0.2, 0.25) is 0 Å². The van der Waals surface area contributed by atoms with Crippen molar-refractivity contribution in [3.8, 4) is 0 Å². The summed E-state index contributed by atoms with van der Waals surface area (Å²) in [5, 5.41) is 9.12. The molecule has 1 aliphatic heterocycles. The number of nitrogens with zero attached hydrogens (tertiary/aromatic N) is 1. The molecule has 1 aromatic rings. The first-order chi connectivity index (χ1) is 9.11. The Balaban J connectivity index is 1.96. The van der Waals surface area contributed by atoms with Crippen molar-refractivity contribution in [3.05, 3.63) is 35.4 Å². The highest BCUT2D eigenvalue weighted by atomic mass is 16.5. The van der Waals surface area contributed by atoms with Crippen LogP contribution in [-0.2, 0) is 22.7 Å². The van der Waals surface area contributed by atoms with Crippen molar-refractivity contribution in [2.45, 2.75) is 32.5 Å². The summed E-state index contributed by atoms with van der Waals surface area (Å²) in [7, 11) is 1.69. The number of aliphatic carboxylic acids is 1. The third kappa shape index (κ3) is 3.33. The third-order valence-electron chi connectivity index (χ3n) is 3.92. The molecule has 19 heavy (non-hydrogen) atoms. The molecule has 4 heteroatoms. The highest BCUT2D eigenvalue weighted by Gasteiger charge is 2.35. The molecule has 0 bridgehead atoms. The second-order valence-electron chi connectivity index (χ2n) is 5.19. The molecule has 0 spiro atoms. The monoisotopic (exact) mass is 263 g/mol. The lowest BCUT2D eigenvalue weighted by atomic mass is 10.0. The average Bonchev–Trinajstić information content (AvgIpc) is 2.74. The number of rotatable bonds is 5. The maximum absolute atomic E-state index is 11.1. The lowest BCUT2D eigenvalue weighted by Gasteiger charge is -2.23. The van der Waals surface area contributed by atoms with Crippen molar-refractivity contribution in [2.24, 2.45) is 5.92 Å². The molecule has 0 amide bonds. The van der Waals surface area contributed by atoms with E-state index in [1.165, 1.54) is 5.56 Å². The SMILES string of the molecule is COCc1ccc(CN2CCC(C(=O)O)C2C)cc1. The molecule has 104 valence electrons. The Bertz CT molecular complexity index is 430. The van der Waals surface area contributed by atoms with E-state index in [9.17, 15) is 4.79 Å². The molecule has 0 aliphatic carbocycles. The second kappa shape index (κ2) is 6.17. The minimum Gasteiger partial charge on any atom is -0.481 e. The van der Waals surface area contributed by atoms with Crippen molar-refractivity contribution in [1.29, 1.82) is 0 Å². The number of hydrogen-bond acceptors (Lipinski definition) is 3. The number of carbonyl (C=O) groups is 1. The van der Waals surface area contributed by atoms with Crippen molar-refractivity contribution in [2.75, 3.05) is 13.7 Å². The predicted molar refractivity (Wildman–Crippen MR) is 72.8 cm³/mol. The molecule has 1 aromatic carbocycles. The molecule has 2 rings (SSSR count). The van der Waals surface area contributed by atoms with Crippen LogP contribution in [0, 0.1) is 5.92 Å². The van der Waals surface area contributed by atoms with Gasteiger partial charge in [-0.1, -0.05) is 24.3 Å². The first kappa shape index (κ1) is 14.0. The van der Waals surface area contributed by atoms with Gasteiger partial charge in [-0.25, -0.2) is 0 Å². The number of carboxylic acids is 1. The largest absolute Gasteiger partial charge is 0.481 e. The van der Waals surface area contributed by atoms with Crippen LogP contribution in [0.3, 0.4) is 0 Å². The highest BCUT2D eigenvalue weighted by molar-refractivity contribution is 5.71. The average molecular weight is 263 g/mol. The summed E-state index contributed by atoms with van der Waals surface area (Å²) in [6.45, 7) is 4.31. The fourth-order valence-corrected chi connectivity index (χ4v) is 2.70. The van der Waals surface area contributed by atoms with E-state index in [-0.39, 0.29) is 12.0 Å². The number of carboxylic acid groups (broad SMARTS) is 1. The Morgan fingerprint density at radius 1 is 1.37 bits per heavy atom. The lowest BCUT2D eigenvalue weighted by molar-refractivity contribution is -0.142. The fraction of sp³-hybridized carbons (Fsp3) is 0.533. The van der Waals surface area contributed by atoms with Gasteiger partial charge >= 0.3 is 5.97 Å². The van der Waals surface area contributed by atoms with Crippen molar-refractivity contribution < 1.29 is 14.6 Å². The molecular formula is C15H21NO3. The highest BCUT2D eigenvalue weighted by Crippen LogP contribution is 2.26. The van der Waals surface area contributed by atoms with Gasteiger partial charge in [-0.15, -0.1) is 0 Å². The zero-order chi connectivity index (χ0) is 13.8. The van der Waals surface area contributed by atoms with E-state index < -0.39 is 5.97 Å². The number of likely N-dealkylation sites (tertiary alicyclic amines) is 1. The van der Waals surface area contributed by atoms with Crippen molar-refractivity contribution >= 4 is 5.97 Å². The van der Waals surface area contributed by atoms with Gasteiger partial charge < -0.3 is 9.84 Å². The molecule has 1 saturated heterocycles. The molecule has 1 N–H and O–H groups in total. The predicted octanol–water partition coefficient (Wildman–Crippen LogP) is 2.13. The van der Waals surface area contributed by atoms with Crippen LogP contribution >= 0.6 is 0 Å². The van der Waals surface area contributed by atoms with E-state index in [1.807, 2.05) is 6.92 Å². The van der Waals surface area contributed by atoms with Crippen LogP contribution in [0.1, 0.15) is 24.5 Å². The molecule has 4 nitrogen and oxygen atoms in total. The first-order valence-corrected chi connectivity index (χ1v) is 6.65. The fourth-order valence-electron chi connectivity index (χ4n) is 2.70. The van der Waals surface area contributed by atoms with Crippen LogP contribution in [-0.4, -0.2) is 35.7 Å². The summed E-state index contributed by atoms with van der Waals surface area (Å²) < 4.78 is 5.08. The van der Waals surface area contributed by atoms with Crippen molar-refractivity contribution in [3.63, 3.8) is 0 Å². The van der Waals surface area contributed by atoms with Crippen LogP contribution in [0.15, 0.2) is 24.3 Å². The summed E-state index contributed by atoms with van der Waals surface area (Å²) in [6, 6.07) is 8.42. The Kier molecular flexibility index (Phi) is 4.56. The first-order valence-electron chi connectivity index (χ1n) is 6.65. The van der Waals surface area contributed by atoms with Gasteiger partial charge in [0.05, 0.1) is 12.5 Å². The number of methoxy groups -OCH3 is 1. The summed E-state index contributed by atoms with van der Waals surface area (Å²) in [5.74, 6) is -0.904. The molecule has 1 fully saturated rings. The van der Waals surface area contributed by atoms with Crippen LogP contribution in [0.25, 0.3) is 0 Å². The smallest absolute Gasteiger partial charge is 0.308 e. The summed E-state index contributed by atoms with van der Waals surface area (Å²) in [6.07, 6.45) is 0.748. The van der Waals surface area contributed by atoms with Crippen LogP contribution < -0.4 is 0 Å². The van der Waals surface area contributed by atoms with Crippen LogP contribution in [0.4, 0.5) is 0 Å². The number of ether oxygens (including phenoxy) is 1. The molecule has 1 heterocycles. The molecule has 2 unspecified atom stereocenters. The summed E-state index contributed by atoms with van der Waals surface area (Å²) in [4.78, 5) is 13.3. The normalized spacial score (nSPS) is 23.7. The molecule has 0 saturated carbocycles. The Morgan fingerprint density at radius 2 is 2.00 bits per heavy atom. The van der Waals surface area contributed by atoms with Crippen LogP contribution in [0.2, 0.25) is 0 Å². The second-order valence-corrected chi connectivity index (χ2v) is 5.19. The summed E-state index contributed by atoms with van der Waals surface area (Å²) in [5.41, 5.74) is 2.38. The zero-order valence-corrected chi connectivity index (χ0v) is 11.5. The van der Waals surface area contributed by atoms with Gasteiger partial charge in [-0.3, -0.25) is 9.69 Å². The Labute approximate surface area is 114 Å². The van der Waals surface area contributed by atoms with Gasteiger partial charge in [-0.05, 0) is 31.0 Å². The Morgan fingerprint density at radius 3 is 2.53 bits per heavy atom. The van der Waals surface area contributed by atoms with Gasteiger partial charge in [-0.2, -0.15) is 0 Å². The lowest BCUT2D eigenvalue weighted by Crippen LogP contribution is -2.32. The van der Waals surface area contributed by atoms with Gasteiger partial charge in [0, 0.05) is 19.7 Å². The van der Waals surface area contributed by atoms with Crippen LogP contribution in [0.5, 0.6) is 0 Å². The number of benzene rings is 1. The van der Waals surface area contributed by atoms with E-state index in [0.29, 0.717) is 6.61 Å². The van der Waals surface area contributed by atoms with E-state index in [2.05, 4.69) is 29.2 Å². The standard InChI is InChI=1S/C15H21NO3/c1-11-14(15(17)18)7-8-16(11)9-12-3-5-13(6-4-12)10-19-2/h3-6,11,14H,7-10H2,1-2H3,(H,17,18). The van der Waals surface area contributed by atoms with E-state index in [0.717, 1.165) is 25.1 Å². The maximum Gasteiger partial charge on any atom is 0.308 e. The van der Waals surface area contributed by atoms with E-state index in [4.69, 9.17) is 9.84 Å². The molecule has 1 aliphatic rings. The van der Waals surface area contributed by atoms with E-state index >= 15 is 0 Å². The van der Waals surface area contributed by atoms with Gasteiger partial charge in [0.25, 0.3) is 0 Å². The molecule has 2 atom stereocenters. The van der Waals surface area contributed by atoms with Gasteiger partial charge in [0.15, 0.2) is 0 Å². The topological polar surface area (TPSA) is 49.8 Å². The molecule has 0 radical (unpaired) electrons. The third-order valence-corrected chi connectivity index (χ3v) is 3.92. The zero-order valence-electron chi connectivity index (χ0n) is 11.5. The van der Waals surface area contributed by atoms with Crippen molar-refractivity contribution in [1.82, 2.24) is 4.90 Å². The summed E-state index contributed by atoms with van der Waals surface area (Å²) >= 11 is 0. The van der Waals surface area contributed by atoms with E-state index in [1.54, 1.807) is 7.11 Å². The molecular weight excluding hydrogens is 242 g/mol. The number of hydrogen-bond donors (Lipinski definition) is 1. The minimum absolute atomic E-state index is 0.108.